The van der Waals surface area contributed by atoms with E-state index in [-0.39, 0.29) is 30.6 Å². The summed E-state index contributed by atoms with van der Waals surface area (Å²) < 4.78 is 49.9. The van der Waals surface area contributed by atoms with Gasteiger partial charge in [-0.15, -0.1) is 0 Å². The Morgan fingerprint density at radius 2 is 1.63 bits per heavy atom. The number of aliphatic carboxylic acids is 1. The van der Waals surface area contributed by atoms with Gasteiger partial charge in [-0.25, -0.2) is 4.79 Å². The highest BCUT2D eigenvalue weighted by atomic mass is 19.4. The van der Waals surface area contributed by atoms with Crippen LogP contribution in [-0.4, -0.2) is 34.1 Å². The van der Waals surface area contributed by atoms with Crippen molar-refractivity contribution in [3.8, 4) is 22.4 Å². The highest BCUT2D eigenvalue weighted by Gasteiger charge is 2.41. The number of ether oxygens (including phenoxy) is 1. The molecule has 0 bridgehead atoms. The lowest BCUT2D eigenvalue weighted by Crippen LogP contribution is -2.25. The second-order valence-corrected chi connectivity index (χ2v) is 9.28. The van der Waals surface area contributed by atoms with E-state index in [2.05, 4.69) is 5.10 Å². The van der Waals surface area contributed by atoms with Crippen molar-refractivity contribution in [1.82, 2.24) is 9.78 Å². The van der Waals surface area contributed by atoms with Crippen LogP contribution in [0.4, 0.5) is 13.2 Å². The number of carboxylic acid groups (broad SMARTS) is 1. The number of halogens is 3. The predicted octanol–water partition coefficient (Wildman–Crippen LogP) is 6.45. The Kier molecular flexibility index (Phi) is 7.60. The summed E-state index contributed by atoms with van der Waals surface area (Å²) in [6.07, 6.45) is -1.48. The van der Waals surface area contributed by atoms with E-state index in [9.17, 15) is 18.0 Å². The van der Waals surface area contributed by atoms with Gasteiger partial charge in [0.2, 0.25) is 0 Å². The van der Waals surface area contributed by atoms with Crippen molar-refractivity contribution < 1.29 is 27.8 Å². The normalized spacial score (nSPS) is 18.5. The molecule has 0 spiro atoms. The van der Waals surface area contributed by atoms with Crippen LogP contribution in [0.2, 0.25) is 0 Å². The van der Waals surface area contributed by atoms with Gasteiger partial charge in [0.05, 0.1) is 6.61 Å². The Hall–Kier alpha value is -3.13. The molecule has 1 N–H and O–H groups in total. The molecule has 0 unspecified atom stereocenters. The Morgan fingerprint density at radius 1 is 1.00 bits per heavy atom. The Bertz CT molecular complexity index is 1130. The van der Waals surface area contributed by atoms with Crippen LogP contribution < -0.4 is 0 Å². The maximum absolute atomic E-state index is 14.5. The molecule has 1 saturated carbocycles. The van der Waals surface area contributed by atoms with Crippen LogP contribution in [0.15, 0.2) is 54.6 Å². The molecule has 0 radical (unpaired) electrons. The van der Waals surface area contributed by atoms with Crippen molar-refractivity contribution in [1.29, 1.82) is 0 Å². The fraction of sp³-hybridized carbons (Fsp3) is 0.407. The third-order valence-corrected chi connectivity index (χ3v) is 6.58. The number of hydrogen-bond acceptors (Lipinski definition) is 3. The van der Waals surface area contributed by atoms with Crippen molar-refractivity contribution >= 4 is 5.97 Å². The van der Waals surface area contributed by atoms with Crippen molar-refractivity contribution in [3.63, 3.8) is 0 Å². The average Bonchev–Trinajstić information content (AvgIpc) is 3.21. The van der Waals surface area contributed by atoms with E-state index in [4.69, 9.17) is 9.84 Å². The van der Waals surface area contributed by atoms with Gasteiger partial charge in [0, 0.05) is 17.7 Å². The van der Waals surface area contributed by atoms with Crippen LogP contribution in [0.3, 0.4) is 0 Å². The average molecular weight is 487 g/mol. The topological polar surface area (TPSA) is 64.4 Å². The van der Waals surface area contributed by atoms with Crippen molar-refractivity contribution in [2.45, 2.75) is 45.3 Å². The van der Waals surface area contributed by atoms with Crippen LogP contribution in [-0.2, 0) is 22.3 Å². The molecule has 1 aliphatic rings. The van der Waals surface area contributed by atoms with E-state index in [1.165, 1.54) is 0 Å². The summed E-state index contributed by atoms with van der Waals surface area (Å²) in [5.41, 5.74) is 1.84. The number of nitrogens with zero attached hydrogens (tertiary/aromatic N) is 2. The molecule has 1 fully saturated rings. The summed E-state index contributed by atoms with van der Waals surface area (Å²) in [6, 6.07) is 16.1. The number of alkyl halides is 3. The largest absolute Gasteiger partial charge is 0.480 e. The van der Waals surface area contributed by atoms with E-state index in [1.807, 2.05) is 25.1 Å². The fourth-order valence-corrected chi connectivity index (χ4v) is 4.81. The molecular weight excluding hydrogens is 457 g/mol. The molecule has 2 aromatic carbocycles. The van der Waals surface area contributed by atoms with Crippen LogP contribution in [0.5, 0.6) is 0 Å². The minimum atomic E-state index is -4.57. The first-order valence-electron chi connectivity index (χ1n) is 11.8. The van der Waals surface area contributed by atoms with Gasteiger partial charge in [-0.3, -0.25) is 4.68 Å². The maximum atomic E-state index is 14.5. The van der Waals surface area contributed by atoms with Gasteiger partial charge in [-0.2, -0.15) is 18.3 Å². The predicted molar refractivity (Wildman–Crippen MR) is 127 cm³/mol. The molecule has 1 heterocycles. The number of rotatable bonds is 8. The first kappa shape index (κ1) is 25.0. The summed E-state index contributed by atoms with van der Waals surface area (Å²) >= 11 is 0. The molecule has 35 heavy (non-hydrogen) atoms. The minimum Gasteiger partial charge on any atom is -0.480 e. The Morgan fingerprint density at radius 3 is 2.23 bits per heavy atom. The minimum absolute atomic E-state index is 0.0567. The van der Waals surface area contributed by atoms with Gasteiger partial charge in [0.25, 0.3) is 0 Å². The zero-order chi connectivity index (χ0) is 25.0. The number of hydrogen-bond donors (Lipinski definition) is 1. The lowest BCUT2D eigenvalue weighted by Gasteiger charge is -2.28. The highest BCUT2D eigenvalue weighted by molar-refractivity contribution is 5.83. The van der Waals surface area contributed by atoms with Gasteiger partial charge >= 0.3 is 12.1 Å². The molecule has 5 nitrogen and oxygen atoms in total. The molecule has 3 aromatic rings. The van der Waals surface area contributed by atoms with E-state index < -0.39 is 17.8 Å². The number of benzene rings is 2. The van der Waals surface area contributed by atoms with Crippen molar-refractivity contribution in [3.05, 3.63) is 65.9 Å². The van der Waals surface area contributed by atoms with E-state index in [1.54, 1.807) is 36.4 Å². The molecule has 0 saturated heterocycles. The zero-order valence-electron chi connectivity index (χ0n) is 19.6. The van der Waals surface area contributed by atoms with Gasteiger partial charge in [-0.1, -0.05) is 60.2 Å². The number of carbonyl (C=O) groups is 1. The number of carboxylic acids is 1. The SMILES string of the molecule is Cc1ccc(-c2c(-c3ccccc3)nn(C[C@H]3CC[C@@H](COCC(=O)O)CC3)c2C(F)(F)F)cc1. The molecule has 0 amide bonds. The Labute approximate surface area is 202 Å². The summed E-state index contributed by atoms with van der Waals surface area (Å²) in [5, 5.41) is 13.3. The molecule has 1 aromatic heterocycles. The first-order chi connectivity index (χ1) is 16.7. The van der Waals surface area contributed by atoms with Crippen LogP contribution in [0.1, 0.15) is 36.9 Å². The van der Waals surface area contributed by atoms with E-state index in [0.717, 1.165) is 35.9 Å². The molecular formula is C27H29F3N2O3. The smallest absolute Gasteiger partial charge is 0.433 e. The molecule has 0 aliphatic heterocycles. The third kappa shape index (κ3) is 6.11. The fourth-order valence-electron chi connectivity index (χ4n) is 4.81. The third-order valence-electron chi connectivity index (χ3n) is 6.58. The Balaban J connectivity index is 1.64. The summed E-state index contributed by atoms with van der Waals surface area (Å²) in [7, 11) is 0. The first-order valence-corrected chi connectivity index (χ1v) is 11.8. The van der Waals surface area contributed by atoms with Gasteiger partial charge in [0.15, 0.2) is 5.69 Å². The summed E-state index contributed by atoms with van der Waals surface area (Å²) in [5.74, 6) is -0.717. The monoisotopic (exact) mass is 486 g/mol. The summed E-state index contributed by atoms with van der Waals surface area (Å²) in [6.45, 7) is 2.12. The second-order valence-electron chi connectivity index (χ2n) is 9.28. The molecule has 186 valence electrons. The quantitative estimate of drug-likeness (QED) is 0.397. The standard InChI is InChI=1S/C27H29F3N2O3/c1-18-7-13-21(14-8-18)24-25(22-5-3-2-4-6-22)31-32(26(24)27(28,29)30)15-19-9-11-20(12-10-19)16-35-17-23(33)34/h2-8,13-14,19-20H,9-12,15-17H2,1H3,(H,33,34)/t19-,20+. The van der Waals surface area contributed by atoms with Gasteiger partial charge < -0.3 is 9.84 Å². The second kappa shape index (κ2) is 10.6. The van der Waals surface area contributed by atoms with Crippen molar-refractivity contribution in [2.24, 2.45) is 11.8 Å². The van der Waals surface area contributed by atoms with Gasteiger partial charge in [-0.05, 0) is 50.0 Å². The van der Waals surface area contributed by atoms with Gasteiger partial charge in [0.1, 0.15) is 12.3 Å². The maximum Gasteiger partial charge on any atom is 0.433 e. The number of aromatic nitrogens is 2. The molecule has 0 atom stereocenters. The lowest BCUT2D eigenvalue weighted by molar-refractivity contribution is -0.144. The molecule has 8 heteroatoms. The zero-order valence-corrected chi connectivity index (χ0v) is 19.6. The van der Waals surface area contributed by atoms with Crippen LogP contribution in [0, 0.1) is 18.8 Å². The lowest BCUT2D eigenvalue weighted by atomic mass is 9.82. The van der Waals surface area contributed by atoms with Crippen LogP contribution in [0.25, 0.3) is 22.4 Å². The van der Waals surface area contributed by atoms with E-state index >= 15 is 0 Å². The molecule has 4 rings (SSSR count). The van der Waals surface area contributed by atoms with E-state index in [0.29, 0.717) is 23.4 Å². The summed E-state index contributed by atoms with van der Waals surface area (Å²) in [4.78, 5) is 10.6. The van der Waals surface area contributed by atoms with Crippen LogP contribution >= 0.6 is 0 Å². The molecule has 1 aliphatic carbocycles. The van der Waals surface area contributed by atoms with Crippen molar-refractivity contribution in [2.75, 3.05) is 13.2 Å². The highest BCUT2D eigenvalue weighted by Crippen LogP contribution is 2.43. The number of aryl methyl sites for hydroxylation is 1.